The lowest BCUT2D eigenvalue weighted by atomic mass is 9.81. The molecular weight excluding hydrogens is 236 g/mol. The summed E-state index contributed by atoms with van der Waals surface area (Å²) >= 11 is 0. The van der Waals surface area contributed by atoms with E-state index >= 15 is 0 Å². The molecule has 0 saturated heterocycles. The van der Waals surface area contributed by atoms with Crippen molar-refractivity contribution >= 4 is 0 Å². The van der Waals surface area contributed by atoms with Crippen molar-refractivity contribution in [3.8, 4) is 5.75 Å². The van der Waals surface area contributed by atoms with Gasteiger partial charge in [0.1, 0.15) is 5.75 Å². The molecule has 1 aliphatic rings. The van der Waals surface area contributed by atoms with Crippen LogP contribution in [0, 0.1) is 0 Å². The molecule has 1 aliphatic heterocycles. The van der Waals surface area contributed by atoms with Crippen molar-refractivity contribution in [3.63, 3.8) is 0 Å². The fourth-order valence-corrected chi connectivity index (χ4v) is 2.59. The predicted molar refractivity (Wildman–Crippen MR) is 79.7 cm³/mol. The van der Waals surface area contributed by atoms with E-state index in [1.807, 2.05) is 6.07 Å². The maximum Gasteiger partial charge on any atom is 0.122 e. The van der Waals surface area contributed by atoms with Crippen molar-refractivity contribution < 1.29 is 4.74 Å². The van der Waals surface area contributed by atoms with Gasteiger partial charge >= 0.3 is 0 Å². The van der Waals surface area contributed by atoms with Gasteiger partial charge in [0, 0.05) is 11.6 Å². The van der Waals surface area contributed by atoms with Crippen LogP contribution in [0.25, 0.3) is 0 Å². The molecule has 0 aromatic heterocycles. The fraction of sp³-hybridized carbons (Fsp3) is 0.625. The van der Waals surface area contributed by atoms with Gasteiger partial charge < -0.3 is 15.4 Å². The van der Waals surface area contributed by atoms with Crippen LogP contribution in [0.15, 0.2) is 24.3 Å². The summed E-state index contributed by atoms with van der Waals surface area (Å²) in [5, 5.41) is 0. The van der Waals surface area contributed by atoms with Crippen molar-refractivity contribution in [3.05, 3.63) is 29.8 Å². The second-order valence-corrected chi connectivity index (χ2v) is 6.26. The molecule has 0 amide bonds. The Kier molecular flexibility index (Phi) is 4.16. The van der Waals surface area contributed by atoms with E-state index in [1.54, 1.807) is 0 Å². The maximum atomic E-state index is 6.46. The highest BCUT2D eigenvalue weighted by Crippen LogP contribution is 2.37. The van der Waals surface area contributed by atoms with Crippen LogP contribution in [-0.4, -0.2) is 37.2 Å². The highest BCUT2D eigenvalue weighted by atomic mass is 16.5. The number of likely N-dealkylation sites (N-methyl/N-ethyl adjacent to an activating group) is 1. The van der Waals surface area contributed by atoms with Gasteiger partial charge in [0.2, 0.25) is 0 Å². The first-order chi connectivity index (χ1) is 8.93. The molecule has 19 heavy (non-hydrogen) atoms. The normalized spacial score (nSPS) is 20.8. The van der Waals surface area contributed by atoms with E-state index in [2.05, 4.69) is 51.0 Å². The number of ether oxygens (including phenoxy) is 1. The van der Waals surface area contributed by atoms with Crippen LogP contribution in [-0.2, 0) is 0 Å². The van der Waals surface area contributed by atoms with Gasteiger partial charge in [0.05, 0.1) is 6.61 Å². The predicted octanol–water partition coefficient (Wildman–Crippen LogP) is 2.61. The minimum atomic E-state index is 0.00719. The van der Waals surface area contributed by atoms with Crippen LogP contribution in [0.3, 0.4) is 0 Å². The molecule has 2 unspecified atom stereocenters. The second kappa shape index (κ2) is 5.51. The quantitative estimate of drug-likeness (QED) is 0.906. The lowest BCUT2D eigenvalue weighted by Gasteiger charge is -2.40. The molecule has 0 spiro atoms. The Balaban J connectivity index is 2.13. The van der Waals surface area contributed by atoms with Crippen molar-refractivity contribution in [2.24, 2.45) is 5.73 Å². The first kappa shape index (κ1) is 14.4. The lowest BCUT2D eigenvalue weighted by molar-refractivity contribution is 0.143. The summed E-state index contributed by atoms with van der Waals surface area (Å²) in [4.78, 5) is 2.21. The van der Waals surface area contributed by atoms with Gasteiger partial charge in [-0.05, 0) is 58.3 Å². The zero-order valence-corrected chi connectivity index (χ0v) is 12.5. The Hall–Kier alpha value is -1.06. The molecule has 2 atom stereocenters. The SMILES string of the molecule is CN(C)C(C)(C)C(N)CC1CCOc2ccccc21. The van der Waals surface area contributed by atoms with Crippen LogP contribution in [0.4, 0.5) is 0 Å². The Bertz CT molecular complexity index is 429. The number of hydrogen-bond acceptors (Lipinski definition) is 3. The van der Waals surface area contributed by atoms with Crippen LogP contribution >= 0.6 is 0 Å². The molecular formula is C16H26N2O. The third-order valence-electron chi connectivity index (χ3n) is 4.68. The van der Waals surface area contributed by atoms with Crippen LogP contribution < -0.4 is 10.5 Å². The zero-order valence-electron chi connectivity index (χ0n) is 12.5. The van der Waals surface area contributed by atoms with Gasteiger partial charge in [0.25, 0.3) is 0 Å². The summed E-state index contributed by atoms with van der Waals surface area (Å²) < 4.78 is 5.72. The first-order valence-electron chi connectivity index (χ1n) is 7.07. The molecule has 2 rings (SSSR count). The van der Waals surface area contributed by atoms with Gasteiger partial charge in [-0.2, -0.15) is 0 Å². The summed E-state index contributed by atoms with van der Waals surface area (Å²) in [5.74, 6) is 1.55. The number of fused-ring (bicyclic) bond motifs is 1. The number of rotatable bonds is 4. The Morgan fingerprint density at radius 3 is 2.74 bits per heavy atom. The highest BCUT2D eigenvalue weighted by molar-refractivity contribution is 5.37. The van der Waals surface area contributed by atoms with Crippen molar-refractivity contribution in [2.75, 3.05) is 20.7 Å². The van der Waals surface area contributed by atoms with Crippen molar-refractivity contribution in [1.29, 1.82) is 0 Å². The van der Waals surface area contributed by atoms with Crippen LogP contribution in [0.1, 0.15) is 38.2 Å². The Morgan fingerprint density at radius 1 is 1.37 bits per heavy atom. The van der Waals surface area contributed by atoms with Crippen molar-refractivity contribution in [2.45, 2.75) is 44.2 Å². The van der Waals surface area contributed by atoms with E-state index in [0.717, 1.165) is 25.2 Å². The van der Waals surface area contributed by atoms with Crippen LogP contribution in [0.2, 0.25) is 0 Å². The molecule has 0 aliphatic carbocycles. The molecule has 1 aromatic rings. The maximum absolute atomic E-state index is 6.46. The Labute approximate surface area is 116 Å². The summed E-state index contributed by atoms with van der Waals surface area (Å²) in [7, 11) is 4.19. The Morgan fingerprint density at radius 2 is 2.05 bits per heavy atom. The minimum Gasteiger partial charge on any atom is -0.493 e. The number of nitrogens with two attached hydrogens (primary N) is 1. The molecule has 0 fully saturated rings. The molecule has 0 bridgehead atoms. The molecule has 0 saturated carbocycles. The summed E-state index contributed by atoms with van der Waals surface area (Å²) in [6.45, 7) is 5.22. The van der Waals surface area contributed by atoms with Gasteiger partial charge in [0.15, 0.2) is 0 Å². The van der Waals surface area contributed by atoms with E-state index in [-0.39, 0.29) is 11.6 Å². The number of benzene rings is 1. The zero-order chi connectivity index (χ0) is 14.0. The highest BCUT2D eigenvalue weighted by Gasteiger charge is 2.32. The average molecular weight is 262 g/mol. The van der Waals surface area contributed by atoms with E-state index in [9.17, 15) is 0 Å². The van der Waals surface area contributed by atoms with Gasteiger partial charge in [-0.25, -0.2) is 0 Å². The number of hydrogen-bond donors (Lipinski definition) is 1. The van der Waals surface area contributed by atoms with E-state index in [0.29, 0.717) is 5.92 Å². The summed E-state index contributed by atoms with van der Waals surface area (Å²) in [6, 6.07) is 8.51. The van der Waals surface area contributed by atoms with Gasteiger partial charge in [-0.3, -0.25) is 0 Å². The van der Waals surface area contributed by atoms with E-state index < -0.39 is 0 Å². The molecule has 3 nitrogen and oxygen atoms in total. The average Bonchev–Trinajstić information content (AvgIpc) is 2.39. The standard InChI is InChI=1S/C16H26N2O/c1-16(2,18(3)4)15(17)11-12-9-10-19-14-8-6-5-7-13(12)14/h5-8,12,15H,9-11,17H2,1-4H3. The number of para-hydroxylation sites is 1. The summed E-state index contributed by atoms with van der Waals surface area (Å²) in [6.07, 6.45) is 2.07. The molecule has 0 radical (unpaired) electrons. The molecule has 106 valence electrons. The molecule has 3 heteroatoms. The third-order valence-corrected chi connectivity index (χ3v) is 4.68. The van der Waals surface area contributed by atoms with E-state index in [4.69, 9.17) is 10.5 Å². The van der Waals surface area contributed by atoms with Crippen LogP contribution in [0.5, 0.6) is 5.75 Å². The summed E-state index contributed by atoms with van der Waals surface area (Å²) in [5.41, 5.74) is 7.78. The van der Waals surface area contributed by atoms with Gasteiger partial charge in [-0.15, -0.1) is 0 Å². The van der Waals surface area contributed by atoms with E-state index in [1.165, 1.54) is 5.56 Å². The van der Waals surface area contributed by atoms with Gasteiger partial charge in [-0.1, -0.05) is 18.2 Å². The second-order valence-electron chi connectivity index (χ2n) is 6.26. The van der Waals surface area contributed by atoms with Crippen molar-refractivity contribution in [1.82, 2.24) is 4.90 Å². The number of nitrogens with zero attached hydrogens (tertiary/aromatic N) is 1. The molecule has 1 heterocycles. The fourth-order valence-electron chi connectivity index (χ4n) is 2.59. The largest absolute Gasteiger partial charge is 0.493 e. The lowest BCUT2D eigenvalue weighted by Crippen LogP contribution is -2.53. The molecule has 2 N–H and O–H groups in total. The third kappa shape index (κ3) is 2.93. The topological polar surface area (TPSA) is 38.5 Å². The monoisotopic (exact) mass is 262 g/mol. The smallest absolute Gasteiger partial charge is 0.122 e. The molecule has 1 aromatic carbocycles. The first-order valence-corrected chi connectivity index (χ1v) is 7.07. The minimum absolute atomic E-state index is 0.00719.